The fourth-order valence-corrected chi connectivity index (χ4v) is 1.58. The van der Waals surface area contributed by atoms with Gasteiger partial charge in [-0.3, -0.25) is 4.79 Å². The smallest absolute Gasteiger partial charge is 0.222 e. The van der Waals surface area contributed by atoms with Gasteiger partial charge < -0.3 is 9.64 Å². The van der Waals surface area contributed by atoms with E-state index < -0.39 is 0 Å². The van der Waals surface area contributed by atoms with Crippen LogP contribution in [0.25, 0.3) is 0 Å². The van der Waals surface area contributed by atoms with E-state index in [0.717, 1.165) is 25.9 Å². The average Bonchev–Trinajstić information content (AvgIpc) is 2.17. The lowest BCUT2D eigenvalue weighted by Gasteiger charge is -2.31. The van der Waals surface area contributed by atoms with Crippen molar-refractivity contribution in [2.45, 2.75) is 32.3 Å². The standard InChI is InChI=1S/C9H17NO2/c1-3-9(11)10-6-4-5-8(7-10)12-2/h8H,3-7H2,1-2H3/t8-/m0/s1. The molecule has 1 aliphatic heterocycles. The largest absolute Gasteiger partial charge is 0.380 e. The van der Waals surface area contributed by atoms with Crippen molar-refractivity contribution in [3.63, 3.8) is 0 Å². The fraction of sp³-hybridized carbons (Fsp3) is 0.889. The quantitative estimate of drug-likeness (QED) is 0.621. The summed E-state index contributed by atoms with van der Waals surface area (Å²) in [7, 11) is 1.71. The molecule has 0 unspecified atom stereocenters. The number of rotatable bonds is 2. The summed E-state index contributed by atoms with van der Waals surface area (Å²) in [6.07, 6.45) is 3.03. The Hall–Kier alpha value is -0.570. The van der Waals surface area contributed by atoms with E-state index in [1.807, 2.05) is 11.8 Å². The van der Waals surface area contributed by atoms with Gasteiger partial charge >= 0.3 is 0 Å². The van der Waals surface area contributed by atoms with E-state index in [-0.39, 0.29) is 12.0 Å². The number of hydrogen-bond donors (Lipinski definition) is 0. The van der Waals surface area contributed by atoms with Crippen LogP contribution in [0, 0.1) is 0 Å². The van der Waals surface area contributed by atoms with E-state index >= 15 is 0 Å². The van der Waals surface area contributed by atoms with Gasteiger partial charge in [0.1, 0.15) is 0 Å². The Kier molecular flexibility index (Phi) is 3.53. The summed E-state index contributed by atoms with van der Waals surface area (Å²) in [4.78, 5) is 13.2. The average molecular weight is 171 g/mol. The Balaban J connectivity index is 2.40. The molecule has 1 fully saturated rings. The number of carbonyl (C=O) groups excluding carboxylic acids is 1. The first-order chi connectivity index (χ1) is 5.77. The van der Waals surface area contributed by atoms with Crippen LogP contribution in [-0.2, 0) is 9.53 Å². The van der Waals surface area contributed by atoms with E-state index in [1.165, 1.54) is 0 Å². The zero-order chi connectivity index (χ0) is 8.97. The Labute approximate surface area is 73.7 Å². The number of piperidine rings is 1. The van der Waals surface area contributed by atoms with Gasteiger partial charge in [-0.2, -0.15) is 0 Å². The molecule has 70 valence electrons. The highest BCUT2D eigenvalue weighted by molar-refractivity contribution is 5.75. The number of amides is 1. The molecular weight excluding hydrogens is 154 g/mol. The SMILES string of the molecule is CCC(=O)N1CCC[C@H](OC)C1. The molecule has 0 aromatic carbocycles. The molecule has 0 aromatic rings. The first-order valence-electron chi connectivity index (χ1n) is 4.58. The second-order valence-corrected chi connectivity index (χ2v) is 3.19. The summed E-state index contributed by atoms with van der Waals surface area (Å²) in [6, 6.07) is 0. The lowest BCUT2D eigenvalue weighted by atomic mass is 10.1. The first-order valence-corrected chi connectivity index (χ1v) is 4.58. The summed E-state index contributed by atoms with van der Waals surface area (Å²) < 4.78 is 5.22. The van der Waals surface area contributed by atoms with Gasteiger partial charge in [0.25, 0.3) is 0 Å². The normalized spacial score (nSPS) is 24.2. The number of methoxy groups -OCH3 is 1. The van der Waals surface area contributed by atoms with Crippen LogP contribution in [0.2, 0.25) is 0 Å². The van der Waals surface area contributed by atoms with Crippen LogP contribution in [0.15, 0.2) is 0 Å². The van der Waals surface area contributed by atoms with Crippen molar-refractivity contribution in [1.29, 1.82) is 0 Å². The summed E-state index contributed by atoms with van der Waals surface area (Å²) in [5.74, 6) is 0.247. The molecule has 1 amide bonds. The highest BCUT2D eigenvalue weighted by Gasteiger charge is 2.21. The molecule has 0 radical (unpaired) electrons. The Bertz CT molecular complexity index is 159. The van der Waals surface area contributed by atoms with Crippen LogP contribution in [0.4, 0.5) is 0 Å². The van der Waals surface area contributed by atoms with Crippen LogP contribution in [-0.4, -0.2) is 37.1 Å². The summed E-state index contributed by atoms with van der Waals surface area (Å²) in [5, 5.41) is 0. The van der Waals surface area contributed by atoms with Crippen LogP contribution in [0.3, 0.4) is 0 Å². The van der Waals surface area contributed by atoms with E-state index in [4.69, 9.17) is 4.74 Å². The molecule has 1 heterocycles. The Morgan fingerprint density at radius 2 is 2.42 bits per heavy atom. The van der Waals surface area contributed by atoms with Gasteiger partial charge in [0.2, 0.25) is 5.91 Å². The van der Waals surface area contributed by atoms with E-state index in [2.05, 4.69) is 0 Å². The Morgan fingerprint density at radius 3 is 3.00 bits per heavy atom. The molecule has 0 bridgehead atoms. The highest BCUT2D eigenvalue weighted by atomic mass is 16.5. The molecule has 1 aliphatic rings. The number of ether oxygens (including phenoxy) is 1. The molecule has 1 atom stereocenters. The van der Waals surface area contributed by atoms with Crippen molar-refractivity contribution in [3.8, 4) is 0 Å². The zero-order valence-electron chi connectivity index (χ0n) is 7.88. The van der Waals surface area contributed by atoms with E-state index in [0.29, 0.717) is 6.42 Å². The lowest BCUT2D eigenvalue weighted by Crippen LogP contribution is -2.42. The topological polar surface area (TPSA) is 29.5 Å². The van der Waals surface area contributed by atoms with Crippen molar-refractivity contribution in [2.75, 3.05) is 20.2 Å². The molecule has 0 N–H and O–H groups in total. The van der Waals surface area contributed by atoms with Crippen LogP contribution < -0.4 is 0 Å². The predicted molar refractivity (Wildman–Crippen MR) is 46.9 cm³/mol. The van der Waals surface area contributed by atoms with Gasteiger partial charge in [-0.05, 0) is 12.8 Å². The van der Waals surface area contributed by atoms with Crippen molar-refractivity contribution in [3.05, 3.63) is 0 Å². The van der Waals surface area contributed by atoms with Gasteiger partial charge in [-0.15, -0.1) is 0 Å². The highest BCUT2D eigenvalue weighted by Crippen LogP contribution is 2.12. The van der Waals surface area contributed by atoms with E-state index in [1.54, 1.807) is 7.11 Å². The van der Waals surface area contributed by atoms with Crippen LogP contribution >= 0.6 is 0 Å². The maximum atomic E-state index is 11.3. The van der Waals surface area contributed by atoms with E-state index in [9.17, 15) is 4.79 Å². The lowest BCUT2D eigenvalue weighted by molar-refractivity contribution is -0.134. The van der Waals surface area contributed by atoms with Gasteiger partial charge in [-0.1, -0.05) is 6.92 Å². The molecule has 1 saturated heterocycles. The maximum Gasteiger partial charge on any atom is 0.222 e. The van der Waals surface area contributed by atoms with Gasteiger partial charge in [0.15, 0.2) is 0 Å². The number of carbonyl (C=O) groups is 1. The van der Waals surface area contributed by atoms with Crippen molar-refractivity contribution < 1.29 is 9.53 Å². The van der Waals surface area contributed by atoms with Gasteiger partial charge in [-0.25, -0.2) is 0 Å². The molecule has 3 nitrogen and oxygen atoms in total. The molecule has 0 saturated carbocycles. The second kappa shape index (κ2) is 4.45. The third-order valence-electron chi connectivity index (χ3n) is 2.37. The second-order valence-electron chi connectivity index (χ2n) is 3.19. The molecule has 0 aliphatic carbocycles. The molecule has 3 heteroatoms. The number of nitrogens with zero attached hydrogens (tertiary/aromatic N) is 1. The number of likely N-dealkylation sites (tertiary alicyclic amines) is 1. The minimum atomic E-state index is 0.247. The minimum Gasteiger partial charge on any atom is -0.380 e. The Morgan fingerprint density at radius 1 is 1.67 bits per heavy atom. The molecule has 1 rings (SSSR count). The van der Waals surface area contributed by atoms with Crippen LogP contribution in [0.5, 0.6) is 0 Å². The summed E-state index contributed by atoms with van der Waals surface area (Å²) >= 11 is 0. The van der Waals surface area contributed by atoms with Crippen molar-refractivity contribution in [1.82, 2.24) is 4.90 Å². The monoisotopic (exact) mass is 171 g/mol. The maximum absolute atomic E-state index is 11.3. The van der Waals surface area contributed by atoms with Crippen LogP contribution in [0.1, 0.15) is 26.2 Å². The molecule has 12 heavy (non-hydrogen) atoms. The molecule has 0 aromatic heterocycles. The van der Waals surface area contributed by atoms with Crippen molar-refractivity contribution >= 4 is 5.91 Å². The van der Waals surface area contributed by atoms with Gasteiger partial charge in [0, 0.05) is 26.6 Å². The summed E-state index contributed by atoms with van der Waals surface area (Å²) in [5.41, 5.74) is 0. The third kappa shape index (κ3) is 2.21. The summed E-state index contributed by atoms with van der Waals surface area (Å²) in [6.45, 7) is 3.59. The fourth-order valence-electron chi connectivity index (χ4n) is 1.58. The molecule has 0 spiro atoms. The van der Waals surface area contributed by atoms with Crippen molar-refractivity contribution in [2.24, 2.45) is 0 Å². The van der Waals surface area contributed by atoms with Gasteiger partial charge in [0.05, 0.1) is 6.10 Å². The number of hydrogen-bond acceptors (Lipinski definition) is 2. The zero-order valence-corrected chi connectivity index (χ0v) is 7.88. The predicted octanol–water partition coefficient (Wildman–Crippen LogP) is 1.03. The minimum absolute atomic E-state index is 0.247. The third-order valence-corrected chi connectivity index (χ3v) is 2.37. The first kappa shape index (κ1) is 9.52. The molecular formula is C9H17NO2.